The largest absolute Gasteiger partial charge is 0.346 e. The Morgan fingerprint density at radius 2 is 2.36 bits per heavy atom. The van der Waals surface area contributed by atoms with Crippen molar-refractivity contribution in [2.45, 2.75) is 32.6 Å². The molecule has 1 fully saturated rings. The molecular weight excluding hydrogens is 200 g/mol. The Morgan fingerprint density at radius 1 is 1.64 bits per heavy atom. The molecule has 0 atom stereocenters. The highest BCUT2D eigenvalue weighted by atomic mass is 32.1. The Morgan fingerprint density at radius 3 is 2.79 bits per heavy atom. The van der Waals surface area contributed by atoms with Gasteiger partial charge in [0.15, 0.2) is 0 Å². The van der Waals surface area contributed by atoms with Gasteiger partial charge >= 0.3 is 5.00 Å². The van der Waals surface area contributed by atoms with E-state index in [1.54, 1.807) is 6.92 Å². The Balaban J connectivity index is 2.10. The molecule has 14 heavy (non-hydrogen) atoms. The van der Waals surface area contributed by atoms with Gasteiger partial charge in [0.2, 0.25) is 0 Å². The Kier molecular flexibility index (Phi) is 2.50. The van der Waals surface area contributed by atoms with Crippen LogP contribution in [0.4, 0.5) is 5.00 Å². The second-order valence-corrected chi connectivity index (χ2v) is 4.82. The maximum absolute atomic E-state index is 10.6. The number of rotatable bonds is 3. The predicted octanol–water partition coefficient (Wildman–Crippen LogP) is 2.70. The summed E-state index contributed by atoms with van der Waals surface area (Å²) in [6.45, 7) is 1.71. The summed E-state index contributed by atoms with van der Waals surface area (Å²) in [5, 5.41) is 11.7. The van der Waals surface area contributed by atoms with Gasteiger partial charge < -0.3 is 0 Å². The summed E-state index contributed by atoms with van der Waals surface area (Å²) in [6, 6.07) is 0. The summed E-state index contributed by atoms with van der Waals surface area (Å²) >= 11 is 1.23. The average Bonchev–Trinajstić information content (AvgIpc) is 2.39. The van der Waals surface area contributed by atoms with Crippen LogP contribution in [-0.4, -0.2) is 9.91 Å². The fourth-order valence-corrected chi connectivity index (χ4v) is 2.64. The minimum absolute atomic E-state index is 0.208. The van der Waals surface area contributed by atoms with Crippen LogP contribution in [0, 0.1) is 23.0 Å². The first-order valence-corrected chi connectivity index (χ1v) is 5.59. The molecule has 0 aliphatic heterocycles. The topological polar surface area (TPSA) is 56.0 Å². The fraction of sp³-hybridized carbons (Fsp3) is 0.667. The summed E-state index contributed by atoms with van der Waals surface area (Å²) in [6.07, 6.45) is 4.75. The number of hydrogen-bond acceptors (Lipinski definition) is 4. The molecule has 76 valence electrons. The third-order valence-corrected chi connectivity index (χ3v) is 3.80. The number of hydrogen-bond donors (Lipinski definition) is 0. The van der Waals surface area contributed by atoms with Crippen molar-refractivity contribution in [1.29, 1.82) is 0 Å². The zero-order valence-electron chi connectivity index (χ0n) is 8.02. The molecule has 2 rings (SSSR count). The summed E-state index contributed by atoms with van der Waals surface area (Å²) in [5.41, 5.74) is 0.564. The molecule has 0 amide bonds. The van der Waals surface area contributed by atoms with Gasteiger partial charge in [0.25, 0.3) is 0 Å². The number of aromatic nitrogens is 1. The zero-order valence-corrected chi connectivity index (χ0v) is 8.84. The van der Waals surface area contributed by atoms with E-state index < -0.39 is 0 Å². The van der Waals surface area contributed by atoms with Crippen LogP contribution in [0.5, 0.6) is 0 Å². The smallest absolute Gasteiger partial charge is 0.257 e. The maximum atomic E-state index is 10.6. The van der Waals surface area contributed by atoms with Crippen LogP contribution in [0.2, 0.25) is 0 Å². The molecule has 1 aliphatic rings. The van der Waals surface area contributed by atoms with E-state index in [9.17, 15) is 10.1 Å². The Bertz CT molecular complexity index is 358. The monoisotopic (exact) mass is 212 g/mol. The lowest BCUT2D eigenvalue weighted by Gasteiger charge is -2.23. The second kappa shape index (κ2) is 3.65. The van der Waals surface area contributed by atoms with Gasteiger partial charge in [-0.05, 0) is 24.2 Å². The first-order valence-electron chi connectivity index (χ1n) is 4.77. The molecule has 1 heterocycles. The van der Waals surface area contributed by atoms with Crippen LogP contribution in [-0.2, 0) is 6.42 Å². The quantitative estimate of drug-likeness (QED) is 0.571. The first kappa shape index (κ1) is 9.58. The van der Waals surface area contributed by atoms with Gasteiger partial charge in [0, 0.05) is 6.42 Å². The lowest BCUT2D eigenvalue weighted by Crippen LogP contribution is -2.13. The molecule has 1 saturated carbocycles. The van der Waals surface area contributed by atoms with Gasteiger partial charge in [-0.25, -0.2) is 4.98 Å². The van der Waals surface area contributed by atoms with Gasteiger partial charge in [-0.3, -0.25) is 10.1 Å². The third kappa shape index (κ3) is 1.77. The normalized spacial score (nSPS) is 16.6. The first-order chi connectivity index (χ1) is 6.66. The van der Waals surface area contributed by atoms with E-state index in [0.29, 0.717) is 5.69 Å². The summed E-state index contributed by atoms with van der Waals surface area (Å²) < 4.78 is 0. The Hall–Kier alpha value is -0.970. The van der Waals surface area contributed by atoms with Gasteiger partial charge in [-0.1, -0.05) is 19.3 Å². The minimum atomic E-state index is -0.336. The summed E-state index contributed by atoms with van der Waals surface area (Å²) in [5.74, 6) is 0.722. The van der Waals surface area contributed by atoms with Gasteiger partial charge in [0.1, 0.15) is 5.69 Å². The molecule has 0 saturated heterocycles. The molecule has 0 aromatic carbocycles. The molecular formula is C9H12N2O2S. The van der Waals surface area contributed by atoms with Crippen LogP contribution >= 0.6 is 11.3 Å². The number of aryl methyl sites for hydroxylation is 1. The molecule has 0 spiro atoms. The van der Waals surface area contributed by atoms with E-state index >= 15 is 0 Å². The van der Waals surface area contributed by atoms with Gasteiger partial charge in [0.05, 0.1) is 9.93 Å². The maximum Gasteiger partial charge on any atom is 0.346 e. The summed E-state index contributed by atoms with van der Waals surface area (Å²) in [7, 11) is 0. The molecule has 5 heteroatoms. The Labute approximate surface area is 86.1 Å². The highest BCUT2D eigenvalue weighted by molar-refractivity contribution is 7.15. The highest BCUT2D eigenvalue weighted by Gasteiger charge is 2.23. The van der Waals surface area contributed by atoms with Crippen LogP contribution in [0.3, 0.4) is 0 Å². The average molecular weight is 212 g/mol. The van der Waals surface area contributed by atoms with Crippen LogP contribution < -0.4 is 0 Å². The van der Waals surface area contributed by atoms with Crippen LogP contribution in [0.15, 0.2) is 0 Å². The van der Waals surface area contributed by atoms with Crippen LogP contribution in [0.25, 0.3) is 0 Å². The van der Waals surface area contributed by atoms with Crippen molar-refractivity contribution in [3.63, 3.8) is 0 Å². The second-order valence-electron chi connectivity index (χ2n) is 3.76. The number of nitro groups is 1. The summed E-state index contributed by atoms with van der Waals surface area (Å²) in [4.78, 5) is 14.5. The van der Waals surface area contributed by atoms with E-state index in [2.05, 4.69) is 4.98 Å². The standard InChI is InChI=1S/C9H12N2O2S/c1-6-9(11(12)13)14-8(10-6)5-7-3-2-4-7/h7H,2-5H2,1H3. The number of nitrogens with zero attached hydrogens (tertiary/aromatic N) is 2. The van der Waals surface area contributed by atoms with Gasteiger partial charge in [-0.15, -0.1) is 0 Å². The van der Waals surface area contributed by atoms with Crippen molar-refractivity contribution in [3.05, 3.63) is 20.8 Å². The van der Waals surface area contributed by atoms with E-state index in [1.807, 2.05) is 0 Å². The molecule has 1 aromatic rings. The highest BCUT2D eigenvalue weighted by Crippen LogP contribution is 2.33. The van der Waals surface area contributed by atoms with E-state index in [4.69, 9.17) is 0 Å². The van der Waals surface area contributed by atoms with Crippen molar-refractivity contribution in [1.82, 2.24) is 4.98 Å². The van der Waals surface area contributed by atoms with Gasteiger partial charge in [-0.2, -0.15) is 0 Å². The zero-order chi connectivity index (χ0) is 10.1. The molecule has 4 nitrogen and oxygen atoms in total. The number of thiazole rings is 1. The van der Waals surface area contributed by atoms with Crippen molar-refractivity contribution in [2.75, 3.05) is 0 Å². The van der Waals surface area contributed by atoms with E-state index in [1.165, 1.54) is 30.6 Å². The van der Waals surface area contributed by atoms with Crippen molar-refractivity contribution in [3.8, 4) is 0 Å². The third-order valence-electron chi connectivity index (χ3n) is 2.67. The van der Waals surface area contributed by atoms with Crippen molar-refractivity contribution in [2.24, 2.45) is 5.92 Å². The lowest BCUT2D eigenvalue weighted by molar-refractivity contribution is -0.380. The molecule has 0 unspecified atom stereocenters. The minimum Gasteiger partial charge on any atom is -0.257 e. The fourth-order valence-electron chi connectivity index (χ4n) is 1.64. The van der Waals surface area contributed by atoms with Crippen LogP contribution in [0.1, 0.15) is 30.0 Å². The molecule has 1 aliphatic carbocycles. The van der Waals surface area contributed by atoms with E-state index in [-0.39, 0.29) is 9.92 Å². The SMILES string of the molecule is Cc1nc(CC2CCC2)sc1[N+](=O)[O-]. The molecule has 1 aromatic heterocycles. The lowest BCUT2D eigenvalue weighted by atomic mass is 9.83. The molecule has 0 bridgehead atoms. The van der Waals surface area contributed by atoms with Crippen molar-refractivity contribution >= 4 is 16.3 Å². The predicted molar refractivity (Wildman–Crippen MR) is 54.6 cm³/mol. The molecule has 0 N–H and O–H groups in total. The van der Waals surface area contributed by atoms with Crippen molar-refractivity contribution < 1.29 is 4.92 Å². The molecule has 0 radical (unpaired) electrons. The van der Waals surface area contributed by atoms with E-state index in [0.717, 1.165) is 17.3 Å².